The van der Waals surface area contributed by atoms with Crippen LogP contribution in [0, 0.1) is 0 Å². The van der Waals surface area contributed by atoms with Gasteiger partial charge >= 0.3 is 0 Å². The Labute approximate surface area is 134 Å². The van der Waals surface area contributed by atoms with Crippen molar-refractivity contribution in [2.45, 2.75) is 26.2 Å². The van der Waals surface area contributed by atoms with Gasteiger partial charge in [0.25, 0.3) is 0 Å². The Morgan fingerprint density at radius 1 is 1.14 bits per heavy atom. The summed E-state index contributed by atoms with van der Waals surface area (Å²) >= 11 is 3.40. The first-order valence-electron chi connectivity index (χ1n) is 7.13. The van der Waals surface area contributed by atoms with Gasteiger partial charge < -0.3 is 4.74 Å². The van der Waals surface area contributed by atoms with Gasteiger partial charge in [-0.15, -0.1) is 0 Å². The summed E-state index contributed by atoms with van der Waals surface area (Å²) in [6, 6.07) is 15.3. The van der Waals surface area contributed by atoms with Crippen molar-refractivity contribution in [2.75, 3.05) is 6.61 Å². The molecule has 0 N–H and O–H groups in total. The lowest BCUT2D eigenvalue weighted by atomic mass is 9.98. The average molecular weight is 347 g/mol. The molecule has 0 saturated heterocycles. The van der Waals surface area contributed by atoms with E-state index in [2.05, 4.69) is 35.8 Å². The summed E-state index contributed by atoms with van der Waals surface area (Å²) < 4.78 is 6.56. The van der Waals surface area contributed by atoms with Crippen LogP contribution in [0.2, 0.25) is 0 Å². The van der Waals surface area contributed by atoms with Gasteiger partial charge in [-0.25, -0.2) is 0 Å². The van der Waals surface area contributed by atoms with Crippen LogP contribution < -0.4 is 4.74 Å². The van der Waals surface area contributed by atoms with E-state index in [4.69, 9.17) is 4.74 Å². The predicted octanol–water partition coefficient (Wildman–Crippen LogP) is 5.22. The Hall–Kier alpha value is -1.61. The van der Waals surface area contributed by atoms with Crippen molar-refractivity contribution < 1.29 is 9.53 Å². The SMILES string of the molecule is CCC(C)c1ccccc1OCC(=O)c1ccccc1Br. The monoisotopic (exact) mass is 346 g/mol. The minimum atomic E-state index is -0.0265. The largest absolute Gasteiger partial charge is 0.485 e. The third-order valence-corrected chi connectivity index (χ3v) is 4.29. The third-order valence-electron chi connectivity index (χ3n) is 3.60. The molecule has 0 radical (unpaired) electrons. The highest BCUT2D eigenvalue weighted by Gasteiger charge is 2.13. The van der Waals surface area contributed by atoms with Crippen molar-refractivity contribution in [3.63, 3.8) is 0 Å². The lowest BCUT2D eigenvalue weighted by Gasteiger charge is -2.15. The number of carbonyl (C=O) groups is 1. The van der Waals surface area contributed by atoms with Gasteiger partial charge in [0.05, 0.1) is 0 Å². The van der Waals surface area contributed by atoms with Crippen LogP contribution in [0.5, 0.6) is 5.75 Å². The van der Waals surface area contributed by atoms with Crippen LogP contribution in [-0.4, -0.2) is 12.4 Å². The Morgan fingerprint density at radius 3 is 2.52 bits per heavy atom. The molecule has 3 heteroatoms. The fraction of sp³-hybridized carbons (Fsp3) is 0.278. The third kappa shape index (κ3) is 3.94. The van der Waals surface area contributed by atoms with E-state index >= 15 is 0 Å². The maximum Gasteiger partial charge on any atom is 0.201 e. The molecule has 0 bridgehead atoms. The predicted molar refractivity (Wildman–Crippen MR) is 89.1 cm³/mol. The zero-order valence-electron chi connectivity index (χ0n) is 12.3. The molecule has 0 aromatic heterocycles. The molecule has 0 aliphatic carbocycles. The normalized spacial score (nSPS) is 12.0. The summed E-state index contributed by atoms with van der Waals surface area (Å²) in [5, 5.41) is 0. The first kappa shape index (κ1) is 15.8. The maximum atomic E-state index is 12.2. The molecule has 0 saturated carbocycles. The van der Waals surface area contributed by atoms with Crippen LogP contribution in [-0.2, 0) is 0 Å². The molecule has 0 aliphatic rings. The fourth-order valence-electron chi connectivity index (χ4n) is 2.15. The number of Topliss-reactive ketones (excluding diaryl/α,β-unsaturated/α-hetero) is 1. The Kier molecular flexibility index (Phi) is 5.57. The molecule has 110 valence electrons. The summed E-state index contributed by atoms with van der Waals surface area (Å²) in [5.74, 6) is 1.19. The first-order chi connectivity index (χ1) is 10.1. The molecular weight excluding hydrogens is 328 g/mol. The number of para-hydroxylation sites is 1. The van der Waals surface area contributed by atoms with Crippen LogP contribution in [0.3, 0.4) is 0 Å². The first-order valence-corrected chi connectivity index (χ1v) is 7.92. The molecular formula is C18H19BrO2. The van der Waals surface area contributed by atoms with E-state index in [0.717, 1.165) is 22.2 Å². The van der Waals surface area contributed by atoms with E-state index in [9.17, 15) is 4.79 Å². The summed E-state index contributed by atoms with van der Waals surface area (Å²) in [4.78, 5) is 12.2. The zero-order chi connectivity index (χ0) is 15.2. The zero-order valence-corrected chi connectivity index (χ0v) is 13.9. The molecule has 1 unspecified atom stereocenters. The molecule has 2 nitrogen and oxygen atoms in total. The number of rotatable bonds is 6. The van der Waals surface area contributed by atoms with Crippen molar-refractivity contribution >= 4 is 21.7 Å². The van der Waals surface area contributed by atoms with Gasteiger partial charge in [0.1, 0.15) is 5.75 Å². The van der Waals surface area contributed by atoms with Gasteiger partial charge in [0.15, 0.2) is 6.61 Å². The van der Waals surface area contributed by atoms with E-state index in [1.165, 1.54) is 0 Å². The van der Waals surface area contributed by atoms with Crippen molar-refractivity contribution in [2.24, 2.45) is 0 Å². The quantitative estimate of drug-likeness (QED) is 0.670. The smallest absolute Gasteiger partial charge is 0.201 e. The number of halogens is 1. The highest BCUT2D eigenvalue weighted by atomic mass is 79.9. The van der Waals surface area contributed by atoms with Crippen molar-refractivity contribution in [1.82, 2.24) is 0 Å². The second-order valence-electron chi connectivity index (χ2n) is 5.04. The molecule has 0 fully saturated rings. The summed E-state index contributed by atoms with van der Waals surface area (Å²) in [5.41, 5.74) is 1.80. The van der Waals surface area contributed by atoms with Crippen LogP contribution >= 0.6 is 15.9 Å². The van der Waals surface area contributed by atoms with E-state index < -0.39 is 0 Å². The van der Waals surface area contributed by atoms with Crippen molar-refractivity contribution in [3.8, 4) is 5.75 Å². The van der Waals surface area contributed by atoms with Crippen LogP contribution in [0.1, 0.15) is 42.1 Å². The lowest BCUT2D eigenvalue weighted by Crippen LogP contribution is -2.13. The number of carbonyl (C=O) groups excluding carboxylic acids is 1. The Morgan fingerprint density at radius 2 is 1.81 bits per heavy atom. The van der Waals surface area contributed by atoms with Gasteiger partial charge in [-0.1, -0.05) is 66.2 Å². The molecule has 2 aromatic rings. The number of ketones is 1. The highest BCUT2D eigenvalue weighted by molar-refractivity contribution is 9.10. The minimum Gasteiger partial charge on any atom is -0.485 e. The van der Waals surface area contributed by atoms with E-state index in [1.54, 1.807) is 6.07 Å². The molecule has 1 atom stereocenters. The molecule has 0 amide bonds. The van der Waals surface area contributed by atoms with Gasteiger partial charge in [-0.3, -0.25) is 4.79 Å². The van der Waals surface area contributed by atoms with E-state index in [1.807, 2.05) is 36.4 Å². The van der Waals surface area contributed by atoms with E-state index in [-0.39, 0.29) is 12.4 Å². The Bertz CT molecular complexity index is 622. The molecule has 0 heterocycles. The second kappa shape index (κ2) is 7.41. The average Bonchev–Trinajstić information content (AvgIpc) is 2.52. The maximum absolute atomic E-state index is 12.2. The van der Waals surface area contributed by atoms with Gasteiger partial charge in [0, 0.05) is 10.0 Å². The second-order valence-corrected chi connectivity index (χ2v) is 5.89. The number of hydrogen-bond donors (Lipinski definition) is 0. The van der Waals surface area contributed by atoms with Crippen molar-refractivity contribution in [3.05, 3.63) is 64.1 Å². The molecule has 0 aliphatic heterocycles. The topological polar surface area (TPSA) is 26.3 Å². The van der Waals surface area contributed by atoms with Crippen LogP contribution in [0.15, 0.2) is 53.0 Å². The van der Waals surface area contributed by atoms with Gasteiger partial charge in [-0.05, 0) is 30.0 Å². The van der Waals surface area contributed by atoms with Crippen LogP contribution in [0.25, 0.3) is 0 Å². The Balaban J connectivity index is 2.10. The summed E-state index contributed by atoms with van der Waals surface area (Å²) in [6.45, 7) is 4.36. The summed E-state index contributed by atoms with van der Waals surface area (Å²) in [7, 11) is 0. The molecule has 2 rings (SSSR count). The molecule has 2 aromatic carbocycles. The summed E-state index contributed by atoms with van der Waals surface area (Å²) in [6.07, 6.45) is 1.04. The number of ether oxygens (including phenoxy) is 1. The van der Waals surface area contributed by atoms with E-state index in [0.29, 0.717) is 11.5 Å². The fourth-order valence-corrected chi connectivity index (χ4v) is 2.65. The van der Waals surface area contributed by atoms with Gasteiger partial charge in [0.2, 0.25) is 5.78 Å². The minimum absolute atomic E-state index is 0.0265. The van der Waals surface area contributed by atoms with Crippen LogP contribution in [0.4, 0.5) is 0 Å². The highest BCUT2D eigenvalue weighted by Crippen LogP contribution is 2.28. The van der Waals surface area contributed by atoms with Crippen molar-refractivity contribution in [1.29, 1.82) is 0 Å². The number of benzene rings is 2. The van der Waals surface area contributed by atoms with Gasteiger partial charge in [-0.2, -0.15) is 0 Å². The standard InChI is InChI=1S/C18H19BrO2/c1-3-13(2)14-8-5-7-11-18(14)21-12-17(20)15-9-4-6-10-16(15)19/h4-11,13H,3,12H2,1-2H3. The lowest BCUT2D eigenvalue weighted by molar-refractivity contribution is 0.0920. The number of hydrogen-bond acceptors (Lipinski definition) is 2. The molecule has 21 heavy (non-hydrogen) atoms. The molecule has 0 spiro atoms.